The first-order valence-electron chi connectivity index (χ1n) is 8.94. The number of amides is 3. The minimum Gasteiger partial charge on any atom is -0.353 e. The van der Waals surface area contributed by atoms with Crippen LogP contribution >= 0.6 is 0 Å². The molecule has 0 spiro atoms. The van der Waals surface area contributed by atoms with Crippen LogP contribution in [0.15, 0.2) is 36.4 Å². The lowest BCUT2D eigenvalue weighted by Crippen LogP contribution is -2.40. The Balaban J connectivity index is 1.69. The molecule has 0 unspecified atom stereocenters. The molecule has 0 bridgehead atoms. The van der Waals surface area contributed by atoms with Crippen LogP contribution in [0.1, 0.15) is 37.4 Å². The monoisotopic (exact) mass is 385 g/mol. The minimum absolute atomic E-state index is 0.164. The number of nitrogens with one attached hydrogen (secondary N) is 3. The van der Waals surface area contributed by atoms with Crippen LogP contribution in [0.3, 0.4) is 0 Å². The quantitative estimate of drug-likeness (QED) is 0.638. The van der Waals surface area contributed by atoms with Crippen molar-refractivity contribution in [3.8, 4) is 0 Å². The van der Waals surface area contributed by atoms with Gasteiger partial charge in [-0.2, -0.15) is 0 Å². The third-order valence-electron chi connectivity index (χ3n) is 4.35. The lowest BCUT2D eigenvalue weighted by molar-refractivity contribution is -0.120. The number of halogens is 1. The molecule has 0 aliphatic heterocycles. The second-order valence-corrected chi connectivity index (χ2v) is 6.55. The van der Waals surface area contributed by atoms with Crippen molar-refractivity contribution in [2.24, 2.45) is 0 Å². The van der Waals surface area contributed by atoms with Gasteiger partial charge in [0.25, 0.3) is 11.8 Å². The number of carbonyl (C=O) groups is 3. The van der Waals surface area contributed by atoms with Crippen LogP contribution in [0.5, 0.6) is 0 Å². The van der Waals surface area contributed by atoms with E-state index >= 15 is 0 Å². The Bertz CT molecular complexity index is 896. The molecule has 7 heteroatoms. The van der Waals surface area contributed by atoms with Crippen molar-refractivity contribution in [1.82, 2.24) is 16.0 Å². The molecule has 0 radical (unpaired) electrons. The zero-order valence-electron chi connectivity index (χ0n) is 16.2. The van der Waals surface area contributed by atoms with Crippen LogP contribution in [0.4, 0.5) is 4.39 Å². The number of hydrogen-bond donors (Lipinski definition) is 3. The molecule has 3 N–H and O–H groups in total. The number of rotatable bonds is 7. The molecular weight excluding hydrogens is 361 g/mol. The molecule has 6 nitrogen and oxygen atoms in total. The first-order valence-corrected chi connectivity index (χ1v) is 8.94. The van der Waals surface area contributed by atoms with Gasteiger partial charge in [-0.15, -0.1) is 0 Å². The average Bonchev–Trinajstić information content (AvgIpc) is 2.67. The fourth-order valence-electron chi connectivity index (χ4n) is 2.42. The summed E-state index contributed by atoms with van der Waals surface area (Å²) in [4.78, 5) is 35.8. The maximum atomic E-state index is 13.5. The van der Waals surface area contributed by atoms with Crippen LogP contribution in [-0.2, 0) is 4.79 Å². The van der Waals surface area contributed by atoms with Crippen LogP contribution in [0.2, 0.25) is 0 Å². The van der Waals surface area contributed by atoms with Gasteiger partial charge in [0.1, 0.15) is 5.82 Å². The number of aryl methyl sites for hydroxylation is 3. The molecule has 0 heterocycles. The van der Waals surface area contributed by atoms with Crippen LogP contribution in [-0.4, -0.2) is 37.4 Å². The molecule has 28 heavy (non-hydrogen) atoms. The lowest BCUT2D eigenvalue weighted by atomic mass is 10.1. The second-order valence-electron chi connectivity index (χ2n) is 6.55. The average molecular weight is 385 g/mol. The summed E-state index contributed by atoms with van der Waals surface area (Å²) in [6.07, 6.45) is 0. The summed E-state index contributed by atoms with van der Waals surface area (Å²) in [5.41, 5.74) is 3.27. The van der Waals surface area contributed by atoms with Crippen molar-refractivity contribution in [1.29, 1.82) is 0 Å². The van der Waals surface area contributed by atoms with Gasteiger partial charge in [-0.1, -0.05) is 12.1 Å². The molecule has 0 atom stereocenters. The molecule has 148 valence electrons. The zero-order valence-corrected chi connectivity index (χ0v) is 16.2. The summed E-state index contributed by atoms with van der Waals surface area (Å²) in [5.74, 6) is -1.56. The van der Waals surface area contributed by atoms with Crippen molar-refractivity contribution >= 4 is 17.7 Å². The van der Waals surface area contributed by atoms with Crippen LogP contribution in [0, 0.1) is 26.6 Å². The fourth-order valence-corrected chi connectivity index (χ4v) is 2.42. The van der Waals surface area contributed by atoms with E-state index in [0.29, 0.717) is 11.1 Å². The van der Waals surface area contributed by atoms with Crippen LogP contribution in [0.25, 0.3) is 0 Å². The molecule has 0 saturated heterocycles. The molecule has 2 aromatic rings. The first kappa shape index (κ1) is 21.1. The van der Waals surface area contributed by atoms with Gasteiger partial charge in [-0.05, 0) is 61.7 Å². The molecule has 2 aromatic carbocycles. The Labute approximate surface area is 163 Å². The van der Waals surface area contributed by atoms with Crippen molar-refractivity contribution in [3.63, 3.8) is 0 Å². The fraction of sp³-hybridized carbons (Fsp3) is 0.286. The topological polar surface area (TPSA) is 87.3 Å². The first-order chi connectivity index (χ1) is 13.3. The van der Waals surface area contributed by atoms with Gasteiger partial charge in [0.2, 0.25) is 5.91 Å². The molecule has 0 aliphatic rings. The Morgan fingerprint density at radius 2 is 1.32 bits per heavy atom. The summed E-state index contributed by atoms with van der Waals surface area (Å²) < 4.78 is 13.5. The van der Waals surface area contributed by atoms with E-state index in [1.165, 1.54) is 18.2 Å². The predicted octanol–water partition coefficient (Wildman–Crippen LogP) is 2.03. The predicted molar refractivity (Wildman–Crippen MR) is 105 cm³/mol. The molecule has 0 fully saturated rings. The van der Waals surface area contributed by atoms with E-state index < -0.39 is 11.7 Å². The highest BCUT2D eigenvalue weighted by molar-refractivity contribution is 5.96. The third-order valence-corrected chi connectivity index (χ3v) is 4.35. The molecule has 0 saturated carbocycles. The van der Waals surface area contributed by atoms with E-state index in [-0.39, 0.29) is 37.0 Å². The Hall–Kier alpha value is -3.22. The molecule has 0 aliphatic carbocycles. The standard InChI is InChI=1S/C21H24FN3O3/c1-13-4-6-16(10-15(13)3)21(28)25-12-19(26)23-8-9-24-20(27)17-7-5-14(2)18(22)11-17/h4-7,10-11H,8-9,12H2,1-3H3,(H,23,26)(H,24,27)(H,25,28). The van der Waals surface area contributed by atoms with Crippen molar-refractivity contribution in [2.75, 3.05) is 19.6 Å². The van der Waals surface area contributed by atoms with Gasteiger partial charge >= 0.3 is 0 Å². The summed E-state index contributed by atoms with van der Waals surface area (Å²) in [6.45, 7) is 5.70. The Morgan fingerprint density at radius 3 is 1.96 bits per heavy atom. The van der Waals surface area contributed by atoms with Crippen molar-refractivity contribution < 1.29 is 18.8 Å². The Morgan fingerprint density at radius 1 is 0.750 bits per heavy atom. The van der Waals surface area contributed by atoms with E-state index in [0.717, 1.165) is 11.1 Å². The van der Waals surface area contributed by atoms with Crippen LogP contribution < -0.4 is 16.0 Å². The highest BCUT2D eigenvalue weighted by Gasteiger charge is 2.10. The summed E-state index contributed by atoms with van der Waals surface area (Å²) >= 11 is 0. The van der Waals surface area contributed by atoms with E-state index in [1.807, 2.05) is 19.9 Å². The molecule has 3 amide bonds. The maximum absolute atomic E-state index is 13.5. The van der Waals surface area contributed by atoms with Gasteiger partial charge in [0.05, 0.1) is 6.54 Å². The zero-order chi connectivity index (χ0) is 20.7. The van der Waals surface area contributed by atoms with Gasteiger partial charge in [-0.25, -0.2) is 4.39 Å². The normalized spacial score (nSPS) is 10.3. The molecule has 0 aromatic heterocycles. The van der Waals surface area contributed by atoms with Gasteiger partial charge < -0.3 is 16.0 Å². The summed E-state index contributed by atoms with van der Waals surface area (Å²) in [5, 5.41) is 7.74. The van der Waals surface area contributed by atoms with E-state index in [9.17, 15) is 18.8 Å². The smallest absolute Gasteiger partial charge is 0.251 e. The number of carbonyl (C=O) groups excluding carboxylic acids is 3. The lowest BCUT2D eigenvalue weighted by Gasteiger charge is -2.09. The van der Waals surface area contributed by atoms with Gasteiger partial charge in [0, 0.05) is 24.2 Å². The van der Waals surface area contributed by atoms with E-state index in [2.05, 4.69) is 16.0 Å². The molecular formula is C21H24FN3O3. The largest absolute Gasteiger partial charge is 0.353 e. The van der Waals surface area contributed by atoms with Gasteiger partial charge in [-0.3, -0.25) is 14.4 Å². The third kappa shape index (κ3) is 5.90. The highest BCUT2D eigenvalue weighted by atomic mass is 19.1. The SMILES string of the molecule is Cc1ccc(C(=O)NCC(=O)NCCNC(=O)c2ccc(C)c(F)c2)cc1C. The second kappa shape index (κ2) is 9.64. The van der Waals surface area contributed by atoms with Crippen molar-refractivity contribution in [2.45, 2.75) is 20.8 Å². The van der Waals surface area contributed by atoms with E-state index in [1.54, 1.807) is 19.1 Å². The van der Waals surface area contributed by atoms with Crippen molar-refractivity contribution in [3.05, 3.63) is 70.0 Å². The maximum Gasteiger partial charge on any atom is 0.251 e. The Kier molecular flexibility index (Phi) is 7.26. The number of hydrogen-bond acceptors (Lipinski definition) is 3. The van der Waals surface area contributed by atoms with Gasteiger partial charge in [0.15, 0.2) is 0 Å². The highest BCUT2D eigenvalue weighted by Crippen LogP contribution is 2.10. The van der Waals surface area contributed by atoms with E-state index in [4.69, 9.17) is 0 Å². The number of benzene rings is 2. The minimum atomic E-state index is -0.444. The summed E-state index contributed by atoms with van der Waals surface area (Å²) in [6, 6.07) is 9.57. The summed E-state index contributed by atoms with van der Waals surface area (Å²) in [7, 11) is 0. The molecule has 2 rings (SSSR count).